The molecule has 0 spiro atoms. The molecule has 7 heteroatoms. The number of aliphatic hydroxyl groups excluding tert-OH is 1. The monoisotopic (exact) mass is 310 g/mol. The Morgan fingerprint density at radius 3 is 2.82 bits per heavy atom. The first-order valence-electron chi connectivity index (χ1n) is 6.66. The molecule has 1 atom stereocenters. The van der Waals surface area contributed by atoms with E-state index >= 15 is 0 Å². The van der Waals surface area contributed by atoms with Crippen LogP contribution in [-0.4, -0.2) is 29.2 Å². The van der Waals surface area contributed by atoms with Gasteiger partial charge in [-0.05, 0) is 29.8 Å². The number of rotatable bonds is 7. The SMILES string of the molecule is O=C(Cc1ccc[nH]1)NCC(O)c1cccc(OC(F)F)c1. The minimum Gasteiger partial charge on any atom is -0.435 e. The summed E-state index contributed by atoms with van der Waals surface area (Å²) in [6, 6.07) is 9.31. The van der Waals surface area contributed by atoms with Crippen LogP contribution in [0.25, 0.3) is 0 Å². The molecule has 1 unspecified atom stereocenters. The van der Waals surface area contributed by atoms with Crippen LogP contribution in [-0.2, 0) is 11.2 Å². The number of aromatic nitrogens is 1. The topological polar surface area (TPSA) is 74.4 Å². The number of amides is 1. The maximum atomic E-state index is 12.1. The highest BCUT2D eigenvalue weighted by molar-refractivity contribution is 5.78. The van der Waals surface area contributed by atoms with Crippen molar-refractivity contribution in [2.45, 2.75) is 19.1 Å². The molecule has 0 aliphatic heterocycles. The number of alkyl halides is 2. The van der Waals surface area contributed by atoms with Gasteiger partial charge in [0.1, 0.15) is 5.75 Å². The fourth-order valence-corrected chi connectivity index (χ4v) is 1.94. The molecule has 1 amide bonds. The fourth-order valence-electron chi connectivity index (χ4n) is 1.94. The highest BCUT2D eigenvalue weighted by Crippen LogP contribution is 2.20. The molecule has 3 N–H and O–H groups in total. The lowest BCUT2D eigenvalue weighted by Crippen LogP contribution is -2.29. The van der Waals surface area contributed by atoms with Crippen LogP contribution in [0.5, 0.6) is 5.75 Å². The van der Waals surface area contributed by atoms with E-state index in [0.717, 1.165) is 5.69 Å². The Labute approximate surface area is 125 Å². The molecule has 0 saturated carbocycles. The second kappa shape index (κ2) is 7.56. The Kier molecular flexibility index (Phi) is 5.48. The number of nitrogens with one attached hydrogen (secondary N) is 2. The molecule has 22 heavy (non-hydrogen) atoms. The van der Waals surface area contributed by atoms with E-state index in [9.17, 15) is 18.7 Å². The van der Waals surface area contributed by atoms with Crippen LogP contribution < -0.4 is 10.1 Å². The number of carbonyl (C=O) groups is 1. The van der Waals surface area contributed by atoms with Crippen molar-refractivity contribution in [1.82, 2.24) is 10.3 Å². The molecule has 0 fully saturated rings. The lowest BCUT2D eigenvalue weighted by molar-refractivity contribution is -0.120. The first-order chi connectivity index (χ1) is 10.5. The van der Waals surface area contributed by atoms with Crippen molar-refractivity contribution in [1.29, 1.82) is 0 Å². The van der Waals surface area contributed by atoms with Gasteiger partial charge in [0, 0.05) is 18.4 Å². The standard InChI is InChI=1S/C15H16F2N2O3/c16-15(17)22-12-5-1-3-10(7-12)13(20)9-19-14(21)8-11-4-2-6-18-11/h1-7,13,15,18,20H,8-9H2,(H,19,21). The van der Waals surface area contributed by atoms with Crippen LogP contribution in [0.15, 0.2) is 42.6 Å². The molecular formula is C15H16F2N2O3. The molecule has 0 radical (unpaired) electrons. The second-order valence-corrected chi connectivity index (χ2v) is 4.64. The summed E-state index contributed by atoms with van der Waals surface area (Å²) in [6.07, 6.45) is 0.883. The summed E-state index contributed by atoms with van der Waals surface area (Å²) in [4.78, 5) is 14.6. The lowest BCUT2D eigenvalue weighted by Gasteiger charge is -2.13. The van der Waals surface area contributed by atoms with Gasteiger partial charge in [-0.3, -0.25) is 4.79 Å². The van der Waals surface area contributed by atoms with Crippen LogP contribution in [0.1, 0.15) is 17.4 Å². The number of carbonyl (C=O) groups excluding carboxylic acids is 1. The van der Waals surface area contributed by atoms with Crippen molar-refractivity contribution in [2.75, 3.05) is 6.54 Å². The van der Waals surface area contributed by atoms with Gasteiger partial charge >= 0.3 is 6.61 Å². The highest BCUT2D eigenvalue weighted by Gasteiger charge is 2.12. The van der Waals surface area contributed by atoms with E-state index < -0.39 is 12.7 Å². The Hall–Kier alpha value is -2.41. The van der Waals surface area contributed by atoms with Crippen LogP contribution in [0, 0.1) is 0 Å². The zero-order valence-electron chi connectivity index (χ0n) is 11.6. The summed E-state index contributed by atoms with van der Waals surface area (Å²) in [5, 5.41) is 12.6. The largest absolute Gasteiger partial charge is 0.435 e. The molecule has 0 aliphatic carbocycles. The van der Waals surface area contributed by atoms with E-state index in [-0.39, 0.29) is 24.6 Å². The van der Waals surface area contributed by atoms with Gasteiger partial charge in [-0.25, -0.2) is 0 Å². The number of ether oxygens (including phenoxy) is 1. The molecule has 0 bridgehead atoms. The third-order valence-electron chi connectivity index (χ3n) is 2.97. The van der Waals surface area contributed by atoms with E-state index in [1.807, 2.05) is 0 Å². The molecule has 2 aromatic rings. The zero-order chi connectivity index (χ0) is 15.9. The Morgan fingerprint density at radius 1 is 1.32 bits per heavy atom. The van der Waals surface area contributed by atoms with E-state index in [2.05, 4.69) is 15.0 Å². The first kappa shape index (κ1) is 16.0. The predicted octanol–water partition coefficient (Wildman–Crippen LogP) is 2.01. The van der Waals surface area contributed by atoms with E-state index in [1.165, 1.54) is 18.2 Å². The predicted molar refractivity (Wildman–Crippen MR) is 75.5 cm³/mol. The minimum atomic E-state index is -2.92. The maximum Gasteiger partial charge on any atom is 0.387 e. The average molecular weight is 310 g/mol. The summed E-state index contributed by atoms with van der Waals surface area (Å²) in [6.45, 7) is -2.94. The Morgan fingerprint density at radius 2 is 2.14 bits per heavy atom. The van der Waals surface area contributed by atoms with Crippen molar-refractivity contribution in [3.05, 3.63) is 53.9 Å². The number of aliphatic hydroxyl groups is 1. The van der Waals surface area contributed by atoms with Gasteiger partial charge in [0.25, 0.3) is 0 Å². The summed E-state index contributed by atoms with van der Waals surface area (Å²) >= 11 is 0. The van der Waals surface area contributed by atoms with Crippen molar-refractivity contribution in [3.8, 4) is 5.75 Å². The van der Waals surface area contributed by atoms with Crippen LogP contribution in [0.4, 0.5) is 8.78 Å². The van der Waals surface area contributed by atoms with Gasteiger partial charge in [-0.2, -0.15) is 8.78 Å². The number of benzene rings is 1. The maximum absolute atomic E-state index is 12.1. The van der Waals surface area contributed by atoms with Gasteiger partial charge in [-0.15, -0.1) is 0 Å². The zero-order valence-corrected chi connectivity index (χ0v) is 11.6. The van der Waals surface area contributed by atoms with E-state index in [0.29, 0.717) is 5.56 Å². The molecule has 1 aromatic heterocycles. The van der Waals surface area contributed by atoms with Crippen molar-refractivity contribution in [3.63, 3.8) is 0 Å². The number of hydrogen-bond donors (Lipinski definition) is 3. The van der Waals surface area contributed by atoms with Crippen molar-refractivity contribution in [2.24, 2.45) is 0 Å². The third kappa shape index (κ3) is 4.85. The fraction of sp³-hybridized carbons (Fsp3) is 0.267. The summed E-state index contributed by atoms with van der Waals surface area (Å²) in [5.41, 5.74) is 1.15. The molecule has 1 aromatic carbocycles. The van der Waals surface area contributed by atoms with E-state index in [4.69, 9.17) is 0 Å². The molecule has 118 valence electrons. The summed E-state index contributed by atoms with van der Waals surface area (Å²) < 4.78 is 28.6. The van der Waals surface area contributed by atoms with Gasteiger partial charge in [0.05, 0.1) is 12.5 Å². The van der Waals surface area contributed by atoms with Gasteiger partial charge in [0.2, 0.25) is 5.91 Å². The molecular weight excluding hydrogens is 294 g/mol. The average Bonchev–Trinajstić information content (AvgIpc) is 2.97. The van der Waals surface area contributed by atoms with Gasteiger partial charge in [-0.1, -0.05) is 12.1 Å². The quantitative estimate of drug-likeness (QED) is 0.732. The second-order valence-electron chi connectivity index (χ2n) is 4.64. The highest BCUT2D eigenvalue weighted by atomic mass is 19.3. The smallest absolute Gasteiger partial charge is 0.387 e. The normalized spacial score (nSPS) is 12.2. The number of aromatic amines is 1. The van der Waals surface area contributed by atoms with Gasteiger partial charge < -0.3 is 20.1 Å². The first-order valence-corrected chi connectivity index (χ1v) is 6.66. The van der Waals surface area contributed by atoms with Gasteiger partial charge in [0.15, 0.2) is 0 Å². The molecule has 5 nitrogen and oxygen atoms in total. The molecule has 0 saturated heterocycles. The lowest BCUT2D eigenvalue weighted by atomic mass is 10.1. The van der Waals surface area contributed by atoms with Crippen molar-refractivity contribution < 1.29 is 23.4 Å². The van der Waals surface area contributed by atoms with E-state index in [1.54, 1.807) is 24.4 Å². The summed E-state index contributed by atoms with van der Waals surface area (Å²) in [5.74, 6) is -0.286. The molecule has 1 heterocycles. The van der Waals surface area contributed by atoms with Crippen molar-refractivity contribution >= 4 is 5.91 Å². The van der Waals surface area contributed by atoms with Crippen LogP contribution >= 0.6 is 0 Å². The summed E-state index contributed by atoms with van der Waals surface area (Å²) in [7, 11) is 0. The molecule has 2 rings (SSSR count). The number of halogens is 2. The van der Waals surface area contributed by atoms with Crippen LogP contribution in [0.3, 0.4) is 0 Å². The molecule has 0 aliphatic rings. The number of H-pyrrole nitrogens is 1. The Balaban J connectivity index is 1.86. The van der Waals surface area contributed by atoms with Crippen LogP contribution in [0.2, 0.25) is 0 Å². The minimum absolute atomic E-state index is 0.0162. The number of hydrogen-bond acceptors (Lipinski definition) is 3. The third-order valence-corrected chi connectivity index (χ3v) is 2.97. The Bertz CT molecular complexity index is 603.